The molecule has 4 heteroatoms. The molecule has 0 aromatic heterocycles. The van der Waals surface area contributed by atoms with Crippen molar-refractivity contribution in [2.24, 2.45) is 0 Å². The number of hydrogen-bond donors (Lipinski definition) is 0. The SMILES string of the molecule is CC(C)c1cc2c(-c3cccc4ccccc34)cccc2[cH-]1.C[Si](C)=[Zr+2].Cc1cc2c(-c3ccc(C(C)C)cc3)ccc(C)c2[cH-]1.[Cl-].[Cl-]. The van der Waals surface area contributed by atoms with E-state index in [0.717, 1.165) is 0 Å². The van der Waals surface area contributed by atoms with Gasteiger partial charge in [0.2, 0.25) is 0 Å². The van der Waals surface area contributed by atoms with E-state index in [1.165, 1.54) is 76.8 Å². The standard InChI is InChI=1S/C22H19.C20H21.C2H6Si.2ClH.Zr/c1-15(2)18-13-17-9-6-12-21(22(17)14-18)20-11-5-8-16-7-3-4-10-19(16)20;1-13(2)16-6-8-17(9-7-16)18-10-5-15(4)19-11-14(3)12-20(18)19;1-3-2;;;/h3-15H,1-2H3;5-13H,1-4H3;1-2H3;2*1H;/q2*-1;;;;+2/p-2. The summed E-state index contributed by atoms with van der Waals surface area (Å²) < 4.78 is 0. The van der Waals surface area contributed by atoms with Gasteiger partial charge in [0.25, 0.3) is 0 Å². The predicted molar refractivity (Wildman–Crippen MR) is 203 cm³/mol. The van der Waals surface area contributed by atoms with Crippen molar-refractivity contribution in [1.82, 2.24) is 0 Å². The summed E-state index contributed by atoms with van der Waals surface area (Å²) in [6.07, 6.45) is 0. The van der Waals surface area contributed by atoms with Crippen molar-refractivity contribution in [3.63, 3.8) is 0 Å². The van der Waals surface area contributed by atoms with E-state index >= 15 is 0 Å². The Hall–Kier alpha value is -2.74. The Bertz CT molecular complexity index is 2100. The molecule has 0 fully saturated rings. The second-order valence-electron chi connectivity index (χ2n) is 13.3. The Kier molecular flexibility index (Phi) is 14.7. The van der Waals surface area contributed by atoms with Gasteiger partial charge in [-0.25, -0.2) is 0 Å². The van der Waals surface area contributed by atoms with E-state index in [1.54, 1.807) is 23.3 Å². The number of hydrogen-bond acceptors (Lipinski definition) is 0. The van der Waals surface area contributed by atoms with Crippen molar-refractivity contribution < 1.29 is 48.1 Å². The third-order valence-electron chi connectivity index (χ3n) is 8.66. The Morgan fingerprint density at radius 1 is 0.583 bits per heavy atom. The van der Waals surface area contributed by atoms with Crippen LogP contribution in [-0.2, 0) is 23.3 Å². The maximum absolute atomic E-state index is 2.36. The Morgan fingerprint density at radius 2 is 1.19 bits per heavy atom. The fraction of sp³-hybridized carbons (Fsp3) is 0.227. The molecule has 0 aliphatic carbocycles. The van der Waals surface area contributed by atoms with Crippen LogP contribution >= 0.6 is 0 Å². The van der Waals surface area contributed by atoms with Crippen LogP contribution in [0, 0.1) is 13.8 Å². The van der Waals surface area contributed by atoms with Gasteiger partial charge in [0.1, 0.15) is 0 Å². The van der Waals surface area contributed by atoms with Gasteiger partial charge < -0.3 is 24.8 Å². The second-order valence-corrected chi connectivity index (χ2v) is 22.7. The fourth-order valence-corrected chi connectivity index (χ4v) is 6.18. The maximum atomic E-state index is 2.36. The van der Waals surface area contributed by atoms with Crippen LogP contribution in [0.4, 0.5) is 0 Å². The van der Waals surface area contributed by atoms with Crippen molar-refractivity contribution in [3.8, 4) is 22.3 Å². The molecule has 0 saturated heterocycles. The zero-order valence-electron chi connectivity index (χ0n) is 29.5. The normalized spacial score (nSPS) is 10.7. The Morgan fingerprint density at radius 3 is 1.83 bits per heavy atom. The van der Waals surface area contributed by atoms with Crippen LogP contribution in [0.25, 0.3) is 54.6 Å². The molecule has 0 radical (unpaired) electrons. The molecule has 0 aliphatic rings. The summed E-state index contributed by atoms with van der Waals surface area (Å²) in [6, 6.07) is 44.6. The minimum absolute atomic E-state index is 0. The average Bonchev–Trinajstić information content (AvgIpc) is 3.66. The fourth-order valence-electron chi connectivity index (χ4n) is 6.18. The van der Waals surface area contributed by atoms with Gasteiger partial charge in [0.05, 0.1) is 0 Å². The first-order valence-corrected chi connectivity index (χ1v) is 22.7. The molecule has 0 aliphatic heterocycles. The molecule has 7 rings (SSSR count). The van der Waals surface area contributed by atoms with Crippen molar-refractivity contribution >= 4 is 37.8 Å². The van der Waals surface area contributed by atoms with E-state index < -0.39 is 0 Å². The molecular formula is C44H46Cl2SiZr-2. The van der Waals surface area contributed by atoms with Crippen LogP contribution < -0.4 is 24.8 Å². The summed E-state index contributed by atoms with van der Waals surface area (Å²) in [5, 5.41) is 8.09. The van der Waals surface area contributed by atoms with Gasteiger partial charge in [-0.05, 0) is 39.3 Å². The Labute approximate surface area is 315 Å². The van der Waals surface area contributed by atoms with Crippen LogP contribution in [0.2, 0.25) is 13.1 Å². The van der Waals surface area contributed by atoms with Crippen molar-refractivity contribution in [2.75, 3.05) is 0 Å². The third kappa shape index (κ3) is 9.28. The second kappa shape index (κ2) is 17.8. The van der Waals surface area contributed by atoms with Gasteiger partial charge in [-0.1, -0.05) is 132 Å². The molecule has 0 heterocycles. The summed E-state index contributed by atoms with van der Waals surface area (Å²) in [5.41, 5.74) is 11.0. The molecule has 48 heavy (non-hydrogen) atoms. The first-order valence-electron chi connectivity index (χ1n) is 16.5. The van der Waals surface area contributed by atoms with E-state index in [0.29, 0.717) is 11.8 Å². The molecule has 246 valence electrons. The zero-order valence-corrected chi connectivity index (χ0v) is 34.4. The van der Waals surface area contributed by atoms with Gasteiger partial charge in [0, 0.05) is 0 Å². The molecule has 7 aromatic carbocycles. The van der Waals surface area contributed by atoms with E-state index in [-0.39, 0.29) is 30.2 Å². The van der Waals surface area contributed by atoms with Gasteiger partial charge in [-0.2, -0.15) is 12.1 Å². The predicted octanol–water partition coefficient (Wildman–Crippen LogP) is 7.26. The smallest absolute Gasteiger partial charge is 0.0219 e. The van der Waals surface area contributed by atoms with E-state index in [4.69, 9.17) is 0 Å². The number of benzene rings is 5. The van der Waals surface area contributed by atoms with E-state index in [9.17, 15) is 0 Å². The van der Waals surface area contributed by atoms with Crippen LogP contribution in [-0.4, -0.2) is 5.43 Å². The third-order valence-corrected chi connectivity index (χ3v) is 8.66. The van der Waals surface area contributed by atoms with Crippen molar-refractivity contribution in [3.05, 3.63) is 144 Å². The van der Waals surface area contributed by atoms with E-state index in [2.05, 4.69) is 176 Å². The molecule has 0 spiro atoms. The van der Waals surface area contributed by atoms with Crippen molar-refractivity contribution in [1.29, 1.82) is 0 Å². The molecule has 0 saturated carbocycles. The molecule has 7 aromatic rings. The minimum atomic E-state index is 0. The first kappa shape index (κ1) is 39.7. The number of aryl methyl sites for hydroxylation is 2. The van der Waals surface area contributed by atoms with Crippen molar-refractivity contribution in [2.45, 2.75) is 66.5 Å². The molecular weight excluding hydrogens is 719 g/mol. The molecule has 0 amide bonds. The topological polar surface area (TPSA) is 0 Å². The number of rotatable bonds is 4. The summed E-state index contributed by atoms with van der Waals surface area (Å²) in [7, 11) is 0. The van der Waals surface area contributed by atoms with Gasteiger partial charge in [-0.3, -0.25) is 0 Å². The molecule has 0 bridgehead atoms. The molecule has 0 nitrogen and oxygen atoms in total. The van der Waals surface area contributed by atoms with Gasteiger partial charge in [0.15, 0.2) is 0 Å². The monoisotopic (exact) mass is 762 g/mol. The largest absolute Gasteiger partial charge is 1.00 e. The Balaban J connectivity index is 0.000000227. The molecule has 0 atom stereocenters. The van der Waals surface area contributed by atoms with Crippen LogP contribution in [0.3, 0.4) is 0 Å². The summed E-state index contributed by atoms with van der Waals surface area (Å²) in [5.74, 6) is 1.15. The summed E-state index contributed by atoms with van der Waals surface area (Å²) >= 11 is 1.74. The number of fused-ring (bicyclic) bond motifs is 3. The number of halogens is 2. The quantitative estimate of drug-likeness (QED) is 0.131. The average molecular weight is 765 g/mol. The maximum Gasteiger partial charge on any atom is -0.0219 e. The summed E-state index contributed by atoms with van der Waals surface area (Å²) in [4.78, 5) is 0. The van der Waals surface area contributed by atoms with Gasteiger partial charge in [-0.15, -0.1) is 68.6 Å². The molecule has 0 N–H and O–H groups in total. The molecule has 0 unspecified atom stereocenters. The first-order chi connectivity index (χ1) is 22.0. The van der Waals surface area contributed by atoms with E-state index in [1.807, 2.05) is 0 Å². The minimum Gasteiger partial charge on any atom is -1.00 e. The van der Waals surface area contributed by atoms with Crippen LogP contribution in [0.5, 0.6) is 0 Å². The zero-order chi connectivity index (χ0) is 33.0. The summed E-state index contributed by atoms with van der Waals surface area (Å²) in [6.45, 7) is 18.0. The van der Waals surface area contributed by atoms with Crippen LogP contribution in [0.15, 0.2) is 121 Å². The van der Waals surface area contributed by atoms with Gasteiger partial charge >= 0.3 is 41.9 Å². The van der Waals surface area contributed by atoms with Crippen LogP contribution in [0.1, 0.15) is 61.8 Å².